The highest BCUT2D eigenvalue weighted by molar-refractivity contribution is 7.89. The van der Waals surface area contributed by atoms with Crippen molar-refractivity contribution in [1.82, 2.24) is 9.21 Å². The van der Waals surface area contributed by atoms with Gasteiger partial charge in [0.05, 0.1) is 22.9 Å². The van der Waals surface area contributed by atoms with Crippen molar-refractivity contribution in [2.75, 3.05) is 27.2 Å². The Morgan fingerprint density at radius 3 is 2.39 bits per heavy atom. The molecule has 0 bridgehead atoms. The van der Waals surface area contributed by atoms with Crippen molar-refractivity contribution in [1.29, 1.82) is 0 Å². The van der Waals surface area contributed by atoms with Crippen molar-refractivity contribution in [3.8, 4) is 5.75 Å². The fraction of sp³-hybridized carbons (Fsp3) is 0.421. The Bertz CT molecular complexity index is 882. The molecule has 0 unspecified atom stereocenters. The van der Waals surface area contributed by atoms with Crippen LogP contribution in [0.4, 0.5) is 0 Å². The molecule has 6 nitrogen and oxygen atoms in total. The lowest BCUT2D eigenvalue weighted by atomic mass is 10.2. The summed E-state index contributed by atoms with van der Waals surface area (Å²) in [7, 11) is -0.543. The molecular weight excluding hydrogens is 420 g/mol. The molecule has 1 aromatic heterocycles. The number of nitrogens with zero attached hydrogens (tertiary/aromatic N) is 2. The third kappa shape index (κ3) is 5.94. The molecule has 9 heteroatoms. The number of sulfonamides is 1. The molecule has 28 heavy (non-hydrogen) atoms. The largest absolute Gasteiger partial charge is 0.497 e. The first kappa shape index (κ1) is 22.7. The number of carbonyl (C=O) groups is 1. The molecule has 2 rings (SSSR count). The van der Waals surface area contributed by atoms with Gasteiger partial charge >= 0.3 is 0 Å². The average Bonchev–Trinajstić information content (AvgIpc) is 3.10. The lowest BCUT2D eigenvalue weighted by Gasteiger charge is -2.21. The second kappa shape index (κ2) is 10.2. The van der Waals surface area contributed by atoms with Gasteiger partial charge in [-0.2, -0.15) is 0 Å². The summed E-state index contributed by atoms with van der Waals surface area (Å²) < 4.78 is 32.3. The van der Waals surface area contributed by atoms with Crippen LogP contribution in [0.2, 0.25) is 4.34 Å². The normalized spacial score (nSPS) is 11.6. The SMILES string of the molecule is CCN(Cc1ccc(Cl)s1)C(=O)CCCN(C)S(=O)(=O)c1ccc(OC)cc1. The molecule has 0 saturated carbocycles. The Balaban J connectivity index is 1.88. The van der Waals surface area contributed by atoms with Crippen LogP contribution in [-0.2, 0) is 21.4 Å². The molecule has 154 valence electrons. The van der Waals surface area contributed by atoms with Crippen molar-refractivity contribution in [3.05, 3.63) is 45.6 Å². The summed E-state index contributed by atoms with van der Waals surface area (Å²) in [6.45, 7) is 3.30. The minimum atomic E-state index is -3.59. The van der Waals surface area contributed by atoms with E-state index in [-0.39, 0.29) is 23.8 Å². The van der Waals surface area contributed by atoms with E-state index in [0.717, 1.165) is 4.88 Å². The van der Waals surface area contributed by atoms with E-state index in [1.165, 1.54) is 41.9 Å². The minimum Gasteiger partial charge on any atom is -0.497 e. The predicted molar refractivity (Wildman–Crippen MR) is 112 cm³/mol. The van der Waals surface area contributed by atoms with Gasteiger partial charge in [0.1, 0.15) is 5.75 Å². The monoisotopic (exact) mass is 444 g/mol. The van der Waals surface area contributed by atoms with Crippen molar-refractivity contribution >= 4 is 38.9 Å². The molecule has 1 heterocycles. The average molecular weight is 445 g/mol. The van der Waals surface area contributed by atoms with Gasteiger partial charge in [0, 0.05) is 31.4 Å². The number of rotatable bonds is 10. The number of ether oxygens (including phenoxy) is 1. The summed E-state index contributed by atoms with van der Waals surface area (Å²) in [6.07, 6.45) is 0.738. The van der Waals surface area contributed by atoms with E-state index in [9.17, 15) is 13.2 Å². The van der Waals surface area contributed by atoms with Crippen molar-refractivity contribution in [3.63, 3.8) is 0 Å². The molecule has 1 aromatic carbocycles. The number of carbonyl (C=O) groups excluding carboxylic acids is 1. The van der Waals surface area contributed by atoms with E-state index < -0.39 is 10.0 Å². The van der Waals surface area contributed by atoms with Crippen LogP contribution >= 0.6 is 22.9 Å². The number of halogens is 1. The maximum atomic E-state index is 12.6. The lowest BCUT2D eigenvalue weighted by Crippen LogP contribution is -2.32. The maximum absolute atomic E-state index is 12.6. The van der Waals surface area contributed by atoms with E-state index in [2.05, 4.69) is 0 Å². The maximum Gasteiger partial charge on any atom is 0.242 e. The number of methoxy groups -OCH3 is 1. The first-order valence-corrected chi connectivity index (χ1v) is 11.5. The molecule has 2 aromatic rings. The van der Waals surface area contributed by atoms with Gasteiger partial charge in [-0.3, -0.25) is 4.79 Å². The van der Waals surface area contributed by atoms with E-state index in [1.54, 1.807) is 17.0 Å². The quantitative estimate of drug-likeness (QED) is 0.558. The molecule has 0 spiro atoms. The highest BCUT2D eigenvalue weighted by Crippen LogP contribution is 2.23. The summed E-state index contributed by atoms with van der Waals surface area (Å²) in [6, 6.07) is 9.99. The Morgan fingerprint density at radius 2 is 1.86 bits per heavy atom. The highest BCUT2D eigenvalue weighted by atomic mass is 35.5. The van der Waals surface area contributed by atoms with E-state index in [4.69, 9.17) is 16.3 Å². The van der Waals surface area contributed by atoms with Gasteiger partial charge in [-0.05, 0) is 49.7 Å². The lowest BCUT2D eigenvalue weighted by molar-refractivity contribution is -0.131. The smallest absolute Gasteiger partial charge is 0.242 e. The number of hydrogen-bond acceptors (Lipinski definition) is 5. The van der Waals surface area contributed by atoms with Gasteiger partial charge in [0.15, 0.2) is 0 Å². The third-order valence-electron chi connectivity index (χ3n) is 4.34. The molecule has 0 atom stereocenters. The summed E-state index contributed by atoms with van der Waals surface area (Å²) in [5.41, 5.74) is 0. The third-order valence-corrected chi connectivity index (χ3v) is 7.43. The summed E-state index contributed by atoms with van der Waals surface area (Å²) in [5.74, 6) is 0.598. The summed E-state index contributed by atoms with van der Waals surface area (Å²) in [5, 5.41) is 0. The second-order valence-corrected chi connectivity index (χ2v) is 10.1. The zero-order valence-electron chi connectivity index (χ0n) is 16.2. The molecule has 0 saturated heterocycles. The highest BCUT2D eigenvalue weighted by Gasteiger charge is 2.21. The molecular formula is C19H25ClN2O4S2. The number of amides is 1. The number of hydrogen-bond donors (Lipinski definition) is 0. The van der Waals surface area contributed by atoms with Crippen LogP contribution in [-0.4, -0.2) is 50.8 Å². The van der Waals surface area contributed by atoms with Gasteiger partial charge in [0.25, 0.3) is 0 Å². The number of benzene rings is 1. The van der Waals surface area contributed by atoms with Gasteiger partial charge in [-0.1, -0.05) is 11.6 Å². The Hall–Kier alpha value is -1.61. The minimum absolute atomic E-state index is 0.00210. The zero-order valence-corrected chi connectivity index (χ0v) is 18.6. The van der Waals surface area contributed by atoms with Crippen LogP contribution in [0.15, 0.2) is 41.3 Å². The fourth-order valence-electron chi connectivity index (χ4n) is 2.66. The zero-order chi connectivity index (χ0) is 20.7. The topological polar surface area (TPSA) is 66.9 Å². The van der Waals surface area contributed by atoms with Gasteiger partial charge < -0.3 is 9.64 Å². The standard InChI is InChI=1S/C19H25ClN2O4S2/c1-4-22(14-16-9-12-18(20)27-16)19(23)6-5-13-21(2)28(24,25)17-10-7-15(26-3)8-11-17/h7-12H,4-6,13-14H2,1-3H3. The van der Waals surface area contributed by atoms with Crippen LogP contribution < -0.4 is 4.74 Å². The molecule has 0 N–H and O–H groups in total. The fourth-order valence-corrected chi connectivity index (χ4v) is 4.97. The van der Waals surface area contributed by atoms with Gasteiger partial charge in [-0.25, -0.2) is 12.7 Å². The number of thiophene rings is 1. The molecule has 1 amide bonds. The van der Waals surface area contributed by atoms with Crippen LogP contribution in [0.5, 0.6) is 5.75 Å². The van der Waals surface area contributed by atoms with E-state index in [1.807, 2.05) is 19.1 Å². The van der Waals surface area contributed by atoms with E-state index in [0.29, 0.717) is 29.6 Å². The molecule has 0 radical (unpaired) electrons. The summed E-state index contributed by atoms with van der Waals surface area (Å²) in [4.78, 5) is 15.5. The van der Waals surface area contributed by atoms with Crippen LogP contribution in [0.25, 0.3) is 0 Å². The first-order chi connectivity index (χ1) is 13.3. The molecule has 0 fully saturated rings. The Morgan fingerprint density at radius 1 is 1.18 bits per heavy atom. The Labute approximate surface area is 175 Å². The van der Waals surface area contributed by atoms with E-state index >= 15 is 0 Å². The summed E-state index contributed by atoms with van der Waals surface area (Å²) >= 11 is 7.40. The van der Waals surface area contributed by atoms with Crippen molar-refractivity contribution in [2.24, 2.45) is 0 Å². The molecule has 0 aliphatic rings. The van der Waals surface area contributed by atoms with Gasteiger partial charge in [0.2, 0.25) is 15.9 Å². The predicted octanol–water partition coefficient (Wildman–Crippen LogP) is 3.86. The molecule has 0 aliphatic heterocycles. The van der Waals surface area contributed by atoms with Crippen molar-refractivity contribution in [2.45, 2.75) is 31.2 Å². The van der Waals surface area contributed by atoms with Crippen LogP contribution in [0.1, 0.15) is 24.6 Å². The second-order valence-electron chi connectivity index (χ2n) is 6.22. The Kier molecular flexibility index (Phi) is 8.30. The van der Waals surface area contributed by atoms with Crippen LogP contribution in [0, 0.1) is 0 Å². The van der Waals surface area contributed by atoms with Crippen molar-refractivity contribution < 1.29 is 17.9 Å². The first-order valence-electron chi connectivity index (χ1n) is 8.90. The van der Waals surface area contributed by atoms with Gasteiger partial charge in [-0.15, -0.1) is 11.3 Å². The molecule has 0 aliphatic carbocycles. The van der Waals surface area contributed by atoms with Crippen LogP contribution in [0.3, 0.4) is 0 Å².